The number of fused-ring (bicyclic) bond motifs is 2. The molecule has 12 nitrogen and oxygen atoms in total. The molecule has 7 rings (SSSR count). The number of imide groups is 2. The van der Waals surface area contributed by atoms with Gasteiger partial charge in [0.2, 0.25) is 0 Å². The van der Waals surface area contributed by atoms with Gasteiger partial charge in [-0.3, -0.25) is 29.0 Å². The minimum absolute atomic E-state index is 0. The standard InChI is InChI=1S/C30H24N2O10P2.4K/c33-27-19-7-3-15-17-5-9-21-26-22(30(36)32(29(21)35)12-2-14-44(40,41)42)10-6-18(24(17)26)16-4-8-20(25(19)23(15)16)28(34)31(27)11-1-13-43(37,38)39;;;;/h3-10H,1-2,11-14H2,(H2,37,38,39)(H2,40,41,42);;;;/q;4*+1/p-4. The van der Waals surface area contributed by atoms with Crippen molar-refractivity contribution in [1.29, 1.82) is 0 Å². The first-order valence-electron chi connectivity index (χ1n) is 13.7. The van der Waals surface area contributed by atoms with Gasteiger partial charge in [-0.05, 0) is 81.7 Å². The van der Waals surface area contributed by atoms with E-state index in [4.69, 9.17) is 0 Å². The number of rotatable bonds is 8. The third-order valence-electron chi connectivity index (χ3n) is 8.43. The fourth-order valence-electron chi connectivity index (χ4n) is 6.62. The maximum atomic E-state index is 13.5. The molecule has 0 atom stereocenters. The van der Waals surface area contributed by atoms with Gasteiger partial charge in [-0.25, -0.2) is 0 Å². The van der Waals surface area contributed by atoms with Gasteiger partial charge in [-0.1, -0.05) is 39.5 Å². The van der Waals surface area contributed by atoms with Crippen LogP contribution in [-0.2, 0) is 9.13 Å². The normalized spacial score (nSPS) is 14.3. The van der Waals surface area contributed by atoms with E-state index in [1.165, 1.54) is 0 Å². The summed E-state index contributed by atoms with van der Waals surface area (Å²) in [6.45, 7) is -0.452. The van der Waals surface area contributed by atoms with Gasteiger partial charge in [0.15, 0.2) is 0 Å². The third-order valence-corrected chi connectivity index (χ3v) is 10.2. The molecule has 0 spiro atoms. The van der Waals surface area contributed by atoms with Gasteiger partial charge in [-0.2, -0.15) is 0 Å². The molecule has 4 amide bonds. The molecule has 0 aliphatic carbocycles. The Labute approximate surface area is 444 Å². The summed E-state index contributed by atoms with van der Waals surface area (Å²) in [6.07, 6.45) is -1.72. The largest absolute Gasteiger partial charge is 1.00 e. The van der Waals surface area contributed by atoms with Crippen molar-refractivity contribution in [3.05, 3.63) is 70.8 Å². The Morgan fingerprint density at radius 1 is 0.438 bits per heavy atom. The van der Waals surface area contributed by atoms with Crippen molar-refractivity contribution in [2.45, 2.75) is 12.8 Å². The number of carbonyl (C=O) groups is 4. The molecule has 18 heteroatoms. The van der Waals surface area contributed by atoms with E-state index < -0.39 is 51.1 Å². The average molecular weight is 787 g/mol. The van der Waals surface area contributed by atoms with Gasteiger partial charge in [0.25, 0.3) is 23.6 Å². The van der Waals surface area contributed by atoms with Gasteiger partial charge in [0.1, 0.15) is 0 Å². The van der Waals surface area contributed by atoms with Crippen LogP contribution in [0.3, 0.4) is 0 Å². The van der Waals surface area contributed by atoms with Gasteiger partial charge in [0, 0.05) is 46.1 Å². The first-order chi connectivity index (χ1) is 20.8. The SMILES string of the molecule is O=C1c2ccc3c4ccc5c6c(ccc(c7ccc(c2c37)C(=O)N1CCCP(=O)([O-])[O-])c64)C(=O)N(CCCP(=O)([O-])[O-])C5=O.[K+].[K+].[K+].[K+]. The van der Waals surface area contributed by atoms with Crippen LogP contribution in [0.15, 0.2) is 48.5 Å². The number of hydrogen-bond acceptors (Lipinski definition) is 10. The Balaban J connectivity index is 0.00000156. The molecule has 5 aromatic rings. The summed E-state index contributed by atoms with van der Waals surface area (Å²) in [7, 11) is -9.60. The van der Waals surface area contributed by atoms with E-state index in [2.05, 4.69) is 0 Å². The minimum atomic E-state index is -4.80. The molecule has 0 saturated heterocycles. The van der Waals surface area contributed by atoms with Gasteiger partial charge in [-0.15, -0.1) is 0 Å². The molecule has 2 aliphatic heterocycles. The van der Waals surface area contributed by atoms with Crippen LogP contribution in [0.1, 0.15) is 54.3 Å². The van der Waals surface area contributed by atoms with Crippen molar-refractivity contribution >= 4 is 81.9 Å². The summed E-state index contributed by atoms with van der Waals surface area (Å²) in [4.78, 5) is 100. The smallest absolute Gasteiger partial charge is 0.811 e. The zero-order chi connectivity index (χ0) is 31.3. The predicted octanol–water partition coefficient (Wildman–Crippen LogP) is -10.4. The maximum absolute atomic E-state index is 13.5. The molecule has 0 radical (unpaired) electrons. The van der Waals surface area contributed by atoms with Gasteiger partial charge >= 0.3 is 206 Å². The summed E-state index contributed by atoms with van der Waals surface area (Å²) in [5, 5.41) is 4.93. The fourth-order valence-corrected chi connectivity index (χ4v) is 7.68. The van der Waals surface area contributed by atoms with E-state index in [9.17, 15) is 47.9 Å². The molecular formula is C30H20K4N2O10P2. The number of carbonyl (C=O) groups excluding carboxylic acids is 4. The van der Waals surface area contributed by atoms with Crippen LogP contribution in [0.2, 0.25) is 0 Å². The third kappa shape index (κ3) is 8.07. The molecule has 0 bridgehead atoms. The number of hydrogen-bond donors (Lipinski definition) is 0. The van der Waals surface area contributed by atoms with E-state index in [1.54, 1.807) is 48.5 Å². The van der Waals surface area contributed by atoms with Crippen molar-refractivity contribution in [3.8, 4) is 0 Å². The molecule has 2 aliphatic rings. The minimum Gasteiger partial charge on any atom is -0.811 e. The Hall–Kier alpha value is 2.53. The summed E-state index contributed by atoms with van der Waals surface area (Å²) in [6, 6.07) is 13.3. The number of benzene rings is 5. The van der Waals surface area contributed by atoms with Crippen LogP contribution in [0.5, 0.6) is 0 Å². The van der Waals surface area contributed by atoms with Crippen LogP contribution in [0.4, 0.5) is 0 Å². The van der Waals surface area contributed by atoms with Crippen LogP contribution >= 0.6 is 15.2 Å². The molecule has 5 aromatic carbocycles. The van der Waals surface area contributed by atoms with E-state index >= 15 is 0 Å². The monoisotopic (exact) mass is 786 g/mol. The Kier molecular flexibility index (Phi) is 16.0. The first kappa shape index (κ1) is 44.9. The Morgan fingerprint density at radius 3 is 0.917 bits per heavy atom. The van der Waals surface area contributed by atoms with Crippen molar-refractivity contribution in [1.82, 2.24) is 9.80 Å². The van der Waals surface area contributed by atoms with Crippen LogP contribution in [0, 0.1) is 0 Å². The molecule has 48 heavy (non-hydrogen) atoms. The first-order valence-corrected chi connectivity index (χ1v) is 17.2. The molecule has 0 fully saturated rings. The topological polar surface area (TPSA) is 201 Å². The van der Waals surface area contributed by atoms with Crippen LogP contribution < -0.4 is 225 Å². The Bertz CT molecular complexity index is 1980. The van der Waals surface area contributed by atoms with E-state index in [0.29, 0.717) is 43.1 Å². The second kappa shape index (κ2) is 17.1. The van der Waals surface area contributed by atoms with E-state index in [1.807, 2.05) is 0 Å². The van der Waals surface area contributed by atoms with Gasteiger partial charge in [0.05, 0.1) is 0 Å². The van der Waals surface area contributed by atoms with Crippen LogP contribution in [0.25, 0.3) is 43.1 Å². The van der Waals surface area contributed by atoms with Crippen molar-refractivity contribution in [2.24, 2.45) is 0 Å². The zero-order valence-corrected chi connectivity index (χ0v) is 41.0. The molecule has 0 unspecified atom stereocenters. The number of nitrogens with zero attached hydrogens (tertiary/aromatic N) is 2. The molecular weight excluding hydrogens is 767 g/mol. The molecule has 0 saturated carbocycles. The Morgan fingerprint density at radius 2 is 0.688 bits per heavy atom. The van der Waals surface area contributed by atoms with Crippen molar-refractivity contribution in [2.75, 3.05) is 25.4 Å². The summed E-state index contributed by atoms with van der Waals surface area (Å²) in [5.74, 6) is -2.41. The summed E-state index contributed by atoms with van der Waals surface area (Å²) in [5.41, 5.74) is 1.01. The zero-order valence-electron chi connectivity index (χ0n) is 26.7. The average Bonchev–Trinajstić information content (AvgIpc) is 2.96. The summed E-state index contributed by atoms with van der Waals surface area (Å²) >= 11 is 0. The van der Waals surface area contributed by atoms with Crippen molar-refractivity contribution in [3.63, 3.8) is 0 Å². The van der Waals surface area contributed by atoms with E-state index in [-0.39, 0.29) is 254 Å². The molecule has 224 valence electrons. The van der Waals surface area contributed by atoms with Crippen LogP contribution in [-0.4, -0.2) is 58.8 Å². The quantitative estimate of drug-likeness (QED) is 0.0478. The summed E-state index contributed by atoms with van der Waals surface area (Å²) < 4.78 is 22.2. The molecule has 2 heterocycles. The van der Waals surface area contributed by atoms with Crippen molar-refractivity contribution < 1.29 is 253 Å². The second-order valence-electron chi connectivity index (χ2n) is 11.0. The molecule has 0 N–H and O–H groups in total. The molecule has 0 aromatic heterocycles. The fraction of sp³-hybridized carbons (Fsp3) is 0.200. The van der Waals surface area contributed by atoms with Gasteiger partial charge < -0.3 is 28.7 Å². The van der Waals surface area contributed by atoms with E-state index in [0.717, 1.165) is 9.80 Å². The predicted molar refractivity (Wildman–Crippen MR) is 153 cm³/mol. The maximum Gasteiger partial charge on any atom is 1.00 e. The second-order valence-corrected chi connectivity index (χ2v) is 14.4. The number of amides is 4.